The minimum atomic E-state index is -0.209. The molecule has 1 aromatic heterocycles. The van der Waals surface area contributed by atoms with Crippen LogP contribution < -0.4 is 10.6 Å². The van der Waals surface area contributed by atoms with Gasteiger partial charge in [0, 0.05) is 30.8 Å². The lowest BCUT2D eigenvalue weighted by atomic mass is 9.89. The van der Waals surface area contributed by atoms with Crippen molar-refractivity contribution in [2.75, 3.05) is 13.6 Å². The van der Waals surface area contributed by atoms with Gasteiger partial charge >= 0.3 is 0 Å². The van der Waals surface area contributed by atoms with Crippen LogP contribution in [0.2, 0.25) is 0 Å². The largest absolute Gasteiger partial charge is 0.356 e. The number of fused-ring (bicyclic) bond motifs is 3. The van der Waals surface area contributed by atoms with Gasteiger partial charge < -0.3 is 10.6 Å². The average Bonchev–Trinajstić information content (AvgIpc) is 3.02. The van der Waals surface area contributed by atoms with Crippen LogP contribution in [-0.2, 0) is 17.6 Å². The molecule has 2 aromatic rings. The summed E-state index contributed by atoms with van der Waals surface area (Å²) in [6, 6.07) is 8.12. The summed E-state index contributed by atoms with van der Waals surface area (Å²) < 4.78 is 0. The molecule has 0 fully saturated rings. The van der Waals surface area contributed by atoms with E-state index in [4.69, 9.17) is 0 Å². The van der Waals surface area contributed by atoms with Gasteiger partial charge in [0.1, 0.15) is 5.69 Å². The maximum Gasteiger partial charge on any atom is 0.269 e. The van der Waals surface area contributed by atoms with Crippen LogP contribution in [0.4, 0.5) is 0 Å². The van der Waals surface area contributed by atoms with Gasteiger partial charge in [0.2, 0.25) is 5.91 Å². The molecule has 0 radical (unpaired) electrons. The maximum absolute atomic E-state index is 12.3. The number of amides is 2. The predicted octanol–water partition coefficient (Wildman–Crippen LogP) is 1.21. The maximum atomic E-state index is 12.3. The summed E-state index contributed by atoms with van der Waals surface area (Å²) in [5, 5.41) is 12.4. The van der Waals surface area contributed by atoms with Crippen molar-refractivity contribution in [1.82, 2.24) is 20.8 Å². The Hall–Kier alpha value is -2.89. The van der Waals surface area contributed by atoms with Gasteiger partial charge in [-0.05, 0) is 18.4 Å². The number of hydrogen-bond donors (Lipinski definition) is 3. The summed E-state index contributed by atoms with van der Waals surface area (Å²) in [4.78, 5) is 23.4. The van der Waals surface area contributed by atoms with Crippen LogP contribution in [0.25, 0.3) is 11.3 Å². The Labute approximate surface area is 134 Å². The van der Waals surface area contributed by atoms with Crippen molar-refractivity contribution in [3.63, 3.8) is 0 Å². The summed E-state index contributed by atoms with van der Waals surface area (Å²) in [7, 11) is 1.56. The number of aromatic amines is 1. The van der Waals surface area contributed by atoms with E-state index in [9.17, 15) is 9.59 Å². The van der Waals surface area contributed by atoms with E-state index in [-0.39, 0.29) is 18.4 Å². The normalized spacial score (nSPS) is 12.6. The molecule has 0 saturated carbocycles. The minimum Gasteiger partial charge on any atom is -0.356 e. The van der Waals surface area contributed by atoms with Crippen LogP contribution in [0.3, 0.4) is 0 Å². The van der Waals surface area contributed by atoms with Gasteiger partial charge in [0.25, 0.3) is 5.91 Å². The van der Waals surface area contributed by atoms with Gasteiger partial charge in [-0.3, -0.25) is 14.7 Å². The second-order valence-electron chi connectivity index (χ2n) is 5.31. The van der Waals surface area contributed by atoms with E-state index in [1.165, 1.54) is 11.6 Å². The number of aryl methyl sites for hydroxylation is 1. The number of H-pyrrole nitrogens is 1. The first-order valence-corrected chi connectivity index (χ1v) is 7.52. The molecule has 2 amide bonds. The first kappa shape index (κ1) is 15.0. The highest BCUT2D eigenvalue weighted by Crippen LogP contribution is 2.33. The van der Waals surface area contributed by atoms with E-state index in [1.54, 1.807) is 13.1 Å². The lowest BCUT2D eigenvalue weighted by Gasteiger charge is -2.15. The standard InChI is InChI=1S/C17H18N4O2/c1-18-14(22)7-4-10-19-17(23)16-13-9-8-11-5-2-3-6-12(11)15(13)20-21-16/h2-7H,8-10H2,1H3,(H,18,22)(H,19,23)(H,20,21)/b7-4+. The van der Waals surface area contributed by atoms with E-state index >= 15 is 0 Å². The van der Waals surface area contributed by atoms with E-state index in [0.717, 1.165) is 29.7 Å². The zero-order chi connectivity index (χ0) is 16.2. The van der Waals surface area contributed by atoms with Crippen LogP contribution in [0.1, 0.15) is 21.6 Å². The molecule has 6 nitrogen and oxygen atoms in total. The summed E-state index contributed by atoms with van der Waals surface area (Å²) in [5.74, 6) is -0.408. The quantitative estimate of drug-likeness (QED) is 0.742. The monoisotopic (exact) mass is 310 g/mol. The van der Waals surface area contributed by atoms with Crippen LogP contribution in [-0.4, -0.2) is 35.6 Å². The highest BCUT2D eigenvalue weighted by atomic mass is 16.2. The molecule has 0 bridgehead atoms. The number of carbonyl (C=O) groups is 2. The fourth-order valence-corrected chi connectivity index (χ4v) is 2.74. The van der Waals surface area contributed by atoms with Gasteiger partial charge in [-0.2, -0.15) is 5.10 Å². The Bertz CT molecular complexity index is 777. The SMILES string of the molecule is CNC(=O)/C=C/CNC(=O)c1[nH]nc2c1CCc1ccccc1-2. The lowest BCUT2D eigenvalue weighted by molar-refractivity contribution is -0.116. The zero-order valence-corrected chi connectivity index (χ0v) is 12.8. The highest BCUT2D eigenvalue weighted by Gasteiger charge is 2.24. The Morgan fingerprint density at radius 3 is 2.96 bits per heavy atom. The summed E-state index contributed by atoms with van der Waals surface area (Å²) in [6.07, 6.45) is 4.69. The highest BCUT2D eigenvalue weighted by molar-refractivity contribution is 5.96. The van der Waals surface area contributed by atoms with Crippen LogP contribution in [0.15, 0.2) is 36.4 Å². The van der Waals surface area contributed by atoms with Crippen molar-refractivity contribution in [1.29, 1.82) is 0 Å². The number of nitrogens with one attached hydrogen (secondary N) is 3. The average molecular weight is 310 g/mol. The Morgan fingerprint density at radius 2 is 2.13 bits per heavy atom. The second kappa shape index (κ2) is 6.48. The number of aromatic nitrogens is 2. The van der Waals surface area contributed by atoms with Crippen LogP contribution >= 0.6 is 0 Å². The molecule has 6 heteroatoms. The van der Waals surface area contributed by atoms with Crippen LogP contribution in [0.5, 0.6) is 0 Å². The van der Waals surface area contributed by atoms with Gasteiger partial charge in [-0.1, -0.05) is 30.3 Å². The summed E-state index contributed by atoms with van der Waals surface area (Å²) in [6.45, 7) is 0.288. The molecule has 0 spiro atoms. The lowest BCUT2D eigenvalue weighted by Crippen LogP contribution is -2.25. The topological polar surface area (TPSA) is 86.9 Å². The molecule has 1 heterocycles. The van der Waals surface area contributed by atoms with Crippen molar-refractivity contribution in [2.24, 2.45) is 0 Å². The fourth-order valence-electron chi connectivity index (χ4n) is 2.74. The first-order valence-electron chi connectivity index (χ1n) is 7.52. The number of benzene rings is 1. The third kappa shape index (κ3) is 3.01. The van der Waals surface area contributed by atoms with Crippen molar-refractivity contribution < 1.29 is 9.59 Å². The third-order valence-electron chi connectivity index (χ3n) is 3.91. The minimum absolute atomic E-state index is 0.199. The molecule has 1 aliphatic carbocycles. The summed E-state index contributed by atoms with van der Waals surface area (Å²) in [5.41, 5.74) is 4.66. The van der Waals surface area contributed by atoms with Crippen molar-refractivity contribution in [3.05, 3.63) is 53.2 Å². The van der Waals surface area contributed by atoms with E-state index in [1.807, 2.05) is 18.2 Å². The molecule has 1 aromatic carbocycles. The van der Waals surface area contributed by atoms with E-state index < -0.39 is 0 Å². The first-order chi connectivity index (χ1) is 11.2. The van der Waals surface area contributed by atoms with Gasteiger partial charge in [-0.25, -0.2) is 0 Å². The third-order valence-corrected chi connectivity index (χ3v) is 3.91. The van der Waals surface area contributed by atoms with Gasteiger partial charge in [0.15, 0.2) is 0 Å². The second-order valence-corrected chi connectivity index (χ2v) is 5.31. The van der Waals surface area contributed by atoms with Crippen molar-refractivity contribution >= 4 is 11.8 Å². The Balaban J connectivity index is 1.74. The Morgan fingerprint density at radius 1 is 1.30 bits per heavy atom. The molecule has 118 valence electrons. The number of likely N-dealkylation sites (N-methyl/N-ethyl adjacent to an activating group) is 1. The fraction of sp³-hybridized carbons (Fsp3) is 0.235. The smallest absolute Gasteiger partial charge is 0.269 e. The van der Waals surface area contributed by atoms with Gasteiger partial charge in [-0.15, -0.1) is 0 Å². The molecule has 3 rings (SSSR count). The zero-order valence-electron chi connectivity index (χ0n) is 12.8. The molecule has 0 saturated heterocycles. The molecular weight excluding hydrogens is 292 g/mol. The summed E-state index contributed by atoms with van der Waals surface area (Å²) >= 11 is 0. The molecule has 3 N–H and O–H groups in total. The molecule has 0 atom stereocenters. The van der Waals surface area contributed by atoms with Crippen molar-refractivity contribution in [2.45, 2.75) is 12.8 Å². The van der Waals surface area contributed by atoms with Gasteiger partial charge in [0.05, 0.1) is 5.69 Å². The number of nitrogens with zero attached hydrogens (tertiary/aromatic N) is 1. The molecule has 0 unspecified atom stereocenters. The molecule has 1 aliphatic rings. The van der Waals surface area contributed by atoms with Crippen molar-refractivity contribution in [3.8, 4) is 11.3 Å². The number of rotatable bonds is 4. The predicted molar refractivity (Wildman–Crippen MR) is 87.0 cm³/mol. The van der Waals surface area contributed by atoms with E-state index in [2.05, 4.69) is 26.9 Å². The number of hydrogen-bond acceptors (Lipinski definition) is 3. The molecule has 0 aliphatic heterocycles. The van der Waals surface area contributed by atoms with E-state index in [0.29, 0.717) is 5.69 Å². The molecule has 23 heavy (non-hydrogen) atoms. The van der Waals surface area contributed by atoms with Crippen LogP contribution in [0, 0.1) is 0 Å². The number of carbonyl (C=O) groups excluding carboxylic acids is 2. The Kier molecular flexibility index (Phi) is 4.23. The molecular formula is C17H18N4O2.